The van der Waals surface area contributed by atoms with Crippen LogP contribution in [-0.4, -0.2) is 177 Å². The Labute approximate surface area is 364 Å². The van der Waals surface area contributed by atoms with Crippen LogP contribution in [0.25, 0.3) is 0 Å². The van der Waals surface area contributed by atoms with Crippen LogP contribution < -0.4 is 0 Å². The highest BCUT2D eigenvalue weighted by Gasteiger charge is 2.59. The second-order valence-electron chi connectivity index (χ2n) is 14.3. The Bertz CT molecular complexity index is 1730. The van der Waals surface area contributed by atoms with Gasteiger partial charge >= 0.3 is 59.7 Å². The van der Waals surface area contributed by atoms with Crippen molar-refractivity contribution in [2.75, 3.05) is 19.8 Å². The number of ether oxygens (including phenoxy) is 15. The maximum atomic E-state index is 12.9. The number of carbonyl (C=O) groups is 10. The summed E-state index contributed by atoms with van der Waals surface area (Å²) in [5.41, 5.74) is 0. The monoisotopic (exact) mass is 924 g/mol. The molecule has 26 heteroatoms. The van der Waals surface area contributed by atoms with Gasteiger partial charge < -0.3 is 76.2 Å². The normalized spacial score (nSPS) is 32.3. The fourth-order valence-electron chi connectivity index (χ4n) is 6.77. The zero-order valence-electron chi connectivity index (χ0n) is 36.4. The van der Waals surface area contributed by atoms with Crippen molar-refractivity contribution in [1.29, 1.82) is 0 Å². The average molecular weight is 925 g/mol. The lowest BCUT2D eigenvalue weighted by Crippen LogP contribution is -2.68. The van der Waals surface area contributed by atoms with E-state index in [9.17, 15) is 53.1 Å². The second-order valence-corrected chi connectivity index (χ2v) is 14.3. The molecular weight excluding hydrogens is 872 g/mol. The van der Waals surface area contributed by atoms with Crippen molar-refractivity contribution >= 4 is 59.7 Å². The smallest absolute Gasteiger partial charge is 0.303 e. The van der Waals surface area contributed by atoms with E-state index in [4.69, 9.17) is 71.1 Å². The minimum Gasteiger partial charge on any atom is -0.463 e. The van der Waals surface area contributed by atoms with Gasteiger partial charge in [0.15, 0.2) is 61.6 Å². The molecule has 64 heavy (non-hydrogen) atoms. The quantitative estimate of drug-likeness (QED) is 0.123. The maximum absolute atomic E-state index is 12.9. The van der Waals surface area contributed by atoms with E-state index in [1.165, 1.54) is 0 Å². The number of aliphatic hydroxyl groups excluding tert-OH is 1. The van der Waals surface area contributed by atoms with Crippen LogP contribution in [0, 0.1) is 0 Å². The van der Waals surface area contributed by atoms with Crippen molar-refractivity contribution in [3.8, 4) is 0 Å². The molecule has 0 aromatic rings. The average Bonchev–Trinajstić information content (AvgIpc) is 3.15. The van der Waals surface area contributed by atoms with Crippen molar-refractivity contribution in [2.24, 2.45) is 0 Å². The van der Waals surface area contributed by atoms with Gasteiger partial charge in [-0.05, 0) is 0 Å². The lowest BCUT2D eigenvalue weighted by molar-refractivity contribution is -0.378. The number of esters is 10. The molecule has 0 radical (unpaired) electrons. The molecule has 0 spiro atoms. The summed E-state index contributed by atoms with van der Waals surface area (Å²) in [4.78, 5) is 124. The Morgan fingerprint density at radius 3 is 0.906 bits per heavy atom. The summed E-state index contributed by atoms with van der Waals surface area (Å²) in [6.07, 6.45) is -27.2. The Morgan fingerprint density at radius 2 is 0.578 bits per heavy atom. The molecule has 0 aromatic heterocycles. The third-order valence-corrected chi connectivity index (χ3v) is 8.84. The number of rotatable bonds is 17. The van der Waals surface area contributed by atoms with Gasteiger partial charge in [-0.1, -0.05) is 0 Å². The zero-order valence-corrected chi connectivity index (χ0v) is 36.4. The van der Waals surface area contributed by atoms with Gasteiger partial charge in [0.25, 0.3) is 0 Å². The molecule has 15 atom stereocenters. The van der Waals surface area contributed by atoms with E-state index in [1.54, 1.807) is 0 Å². The molecule has 3 heterocycles. The van der Waals surface area contributed by atoms with Gasteiger partial charge in [-0.3, -0.25) is 47.9 Å². The summed E-state index contributed by atoms with van der Waals surface area (Å²) in [7, 11) is 0. The summed E-state index contributed by atoms with van der Waals surface area (Å²) in [6, 6.07) is 0. The summed E-state index contributed by atoms with van der Waals surface area (Å²) in [6.45, 7) is 7.65. The van der Waals surface area contributed by atoms with E-state index in [1.807, 2.05) is 0 Å². The minimum atomic E-state index is -2.02. The third-order valence-electron chi connectivity index (χ3n) is 8.84. The Balaban J connectivity index is 2.28. The van der Waals surface area contributed by atoms with Crippen LogP contribution in [0.3, 0.4) is 0 Å². The second kappa shape index (κ2) is 23.9. The maximum Gasteiger partial charge on any atom is 0.303 e. The predicted molar refractivity (Wildman–Crippen MR) is 197 cm³/mol. The largest absolute Gasteiger partial charge is 0.463 e. The highest BCUT2D eigenvalue weighted by molar-refractivity contribution is 5.70. The van der Waals surface area contributed by atoms with Crippen LogP contribution >= 0.6 is 0 Å². The number of aliphatic hydroxyl groups is 1. The van der Waals surface area contributed by atoms with Crippen LogP contribution in [0.2, 0.25) is 0 Å². The van der Waals surface area contributed by atoms with E-state index in [2.05, 4.69) is 0 Å². The Kier molecular flexibility index (Phi) is 19.8. The zero-order chi connectivity index (χ0) is 48.2. The molecule has 0 saturated carbocycles. The molecule has 0 aliphatic carbocycles. The third kappa shape index (κ3) is 15.6. The highest BCUT2D eigenvalue weighted by Crippen LogP contribution is 2.38. The van der Waals surface area contributed by atoms with E-state index in [-0.39, 0.29) is 0 Å². The lowest BCUT2D eigenvalue weighted by atomic mass is 9.95. The topological polar surface area (TPSA) is 329 Å². The molecule has 0 bridgehead atoms. The van der Waals surface area contributed by atoms with Crippen molar-refractivity contribution < 1.29 is 124 Å². The van der Waals surface area contributed by atoms with Gasteiger partial charge in [0, 0.05) is 69.2 Å². The van der Waals surface area contributed by atoms with E-state index in [0.717, 1.165) is 69.2 Å². The summed E-state index contributed by atoms with van der Waals surface area (Å²) >= 11 is 0. The fraction of sp³-hybridized carbons (Fsp3) is 0.737. The molecule has 1 N–H and O–H groups in total. The molecule has 6 unspecified atom stereocenters. The summed E-state index contributed by atoms with van der Waals surface area (Å²) in [5.74, 6) is -9.61. The van der Waals surface area contributed by atoms with Gasteiger partial charge in [-0.2, -0.15) is 0 Å². The van der Waals surface area contributed by atoms with Gasteiger partial charge in [-0.25, -0.2) is 0 Å². The van der Waals surface area contributed by atoms with Crippen LogP contribution in [0.15, 0.2) is 0 Å². The van der Waals surface area contributed by atoms with Crippen LogP contribution in [0.1, 0.15) is 69.2 Å². The van der Waals surface area contributed by atoms with E-state index < -0.39 is 172 Å². The first kappa shape index (κ1) is 52.8. The van der Waals surface area contributed by atoms with Crippen LogP contribution in [-0.2, 0) is 119 Å². The fourth-order valence-corrected chi connectivity index (χ4v) is 6.77. The van der Waals surface area contributed by atoms with Gasteiger partial charge in [0.2, 0.25) is 0 Å². The van der Waals surface area contributed by atoms with Crippen molar-refractivity contribution in [3.63, 3.8) is 0 Å². The molecule has 3 saturated heterocycles. The number of hydrogen-bond acceptors (Lipinski definition) is 26. The first-order chi connectivity index (χ1) is 29.9. The summed E-state index contributed by atoms with van der Waals surface area (Å²) < 4.78 is 84.2. The molecule has 3 rings (SSSR count). The van der Waals surface area contributed by atoms with Gasteiger partial charge in [0.1, 0.15) is 50.3 Å². The van der Waals surface area contributed by atoms with Gasteiger partial charge in [-0.15, -0.1) is 0 Å². The number of carbonyl (C=O) groups excluding carboxylic acids is 10. The first-order valence-corrected chi connectivity index (χ1v) is 19.4. The van der Waals surface area contributed by atoms with Crippen LogP contribution in [0.4, 0.5) is 0 Å². The summed E-state index contributed by atoms with van der Waals surface area (Å²) in [5, 5.41) is 10.9. The minimum absolute atomic E-state index is 0.681. The van der Waals surface area contributed by atoms with E-state index >= 15 is 0 Å². The van der Waals surface area contributed by atoms with Gasteiger partial charge in [0.05, 0.1) is 0 Å². The first-order valence-electron chi connectivity index (χ1n) is 19.4. The molecule has 3 aliphatic rings. The molecule has 3 aliphatic heterocycles. The van der Waals surface area contributed by atoms with Crippen LogP contribution in [0.5, 0.6) is 0 Å². The predicted octanol–water partition coefficient (Wildman–Crippen LogP) is -1.86. The van der Waals surface area contributed by atoms with Crippen molar-refractivity contribution in [2.45, 2.75) is 161 Å². The van der Waals surface area contributed by atoms with Crippen molar-refractivity contribution in [1.82, 2.24) is 0 Å². The molecule has 360 valence electrons. The molecule has 0 amide bonds. The SMILES string of the molecule is CC(=O)OCC1O[C@@H](O[C@H]2C(COC(C)=O)O[C@@H](O[C@H]3C(COC(C)=O)O[C@@H](O)C(OC(C)=O)[C@H]3OC(C)=O)C(OC(C)=O)[C@H]2OC(C)=O)C(OC(C)=O)[C@@H](OC(C)=O)[C@H]1OC(C)=O. The Morgan fingerprint density at radius 1 is 0.328 bits per heavy atom. The number of hydrogen-bond donors (Lipinski definition) is 1. The highest BCUT2D eigenvalue weighted by atomic mass is 16.8. The molecule has 0 aromatic carbocycles. The van der Waals surface area contributed by atoms with E-state index in [0.29, 0.717) is 0 Å². The van der Waals surface area contributed by atoms with Crippen molar-refractivity contribution in [3.05, 3.63) is 0 Å². The Hall–Kier alpha value is -5.54. The lowest BCUT2D eigenvalue weighted by Gasteiger charge is -2.50. The molecule has 3 fully saturated rings. The molecular formula is C38H52O26. The molecule has 26 nitrogen and oxygen atoms in total. The standard InChI is InChI=1S/C38H52O26/c1-14(39)50-11-24-28(30(54-18(5)43)33(36(49)60-24)57-21(8)46)63-38-35(59-23(10)48)32(56-20(7)45)29(26(62-38)13-52-16(3)41)64-37-34(58-22(9)47)31(55-19(6)44)27(53-17(4)42)25(61-37)12-51-15(2)40/h24-38,49H,11-13H2,1-10H3/t24?,25?,26?,27-,28-,29-,30-,31-,32-,33?,34?,35?,36+,37-,38-/m0/s1.